The van der Waals surface area contributed by atoms with Gasteiger partial charge >= 0.3 is 5.97 Å². The summed E-state index contributed by atoms with van der Waals surface area (Å²) in [5.41, 5.74) is 1.62. The maximum atomic E-state index is 10.7. The maximum absolute atomic E-state index is 10.7. The molecule has 0 aliphatic rings. The molecule has 0 atom stereocenters. The first-order chi connectivity index (χ1) is 7.61. The van der Waals surface area contributed by atoms with E-state index in [1.165, 1.54) is 0 Å². The summed E-state index contributed by atoms with van der Waals surface area (Å²) in [7, 11) is 0. The Labute approximate surface area is 99.6 Å². The molecule has 16 heavy (non-hydrogen) atoms. The average Bonchev–Trinajstić information content (AvgIpc) is 2.56. The van der Waals surface area contributed by atoms with Gasteiger partial charge < -0.3 is 10.1 Å². The third-order valence-electron chi connectivity index (χ3n) is 2.31. The largest absolute Gasteiger partial charge is 0.481 e. The van der Waals surface area contributed by atoms with Crippen molar-refractivity contribution < 1.29 is 9.90 Å². The maximum Gasteiger partial charge on any atom is 0.307 e. The molecule has 0 aliphatic heterocycles. The van der Waals surface area contributed by atoms with Crippen molar-refractivity contribution in [3.63, 3.8) is 0 Å². The Balaban J connectivity index is 2.71. The first-order valence-corrected chi connectivity index (χ1v) is 5.33. The standard InChI is InChI=1S/C11H7BrN2O2/c12-6-1-2-9-7(3-6)8(4-11(15)16)10(5-13)14-9/h1-3,14H,4H2,(H,15,16). The van der Waals surface area contributed by atoms with Crippen molar-refractivity contribution in [1.82, 2.24) is 4.98 Å². The topological polar surface area (TPSA) is 76.9 Å². The number of carbonyl (C=O) groups is 1. The second kappa shape index (κ2) is 3.99. The van der Waals surface area contributed by atoms with E-state index < -0.39 is 5.97 Å². The number of benzene rings is 1. The van der Waals surface area contributed by atoms with Gasteiger partial charge in [0.1, 0.15) is 11.8 Å². The second-order valence-electron chi connectivity index (χ2n) is 3.35. The SMILES string of the molecule is N#Cc1[nH]c2ccc(Br)cc2c1CC(=O)O. The van der Waals surface area contributed by atoms with Crippen molar-refractivity contribution in [3.8, 4) is 6.07 Å². The fourth-order valence-corrected chi connectivity index (χ4v) is 2.01. The molecular formula is C11H7BrN2O2. The number of H-pyrrole nitrogens is 1. The molecule has 5 heteroatoms. The number of nitrogens with zero attached hydrogens (tertiary/aromatic N) is 1. The van der Waals surface area contributed by atoms with E-state index in [1.807, 2.05) is 24.3 Å². The van der Waals surface area contributed by atoms with Crippen LogP contribution in [0.25, 0.3) is 10.9 Å². The van der Waals surface area contributed by atoms with Crippen LogP contribution in [0.1, 0.15) is 11.3 Å². The molecule has 0 spiro atoms. The van der Waals surface area contributed by atoms with E-state index in [4.69, 9.17) is 10.4 Å². The molecule has 0 amide bonds. The van der Waals surface area contributed by atoms with Crippen LogP contribution in [0.5, 0.6) is 0 Å². The van der Waals surface area contributed by atoms with Crippen LogP contribution in [-0.4, -0.2) is 16.1 Å². The third kappa shape index (κ3) is 1.79. The van der Waals surface area contributed by atoms with Crippen molar-refractivity contribution >= 4 is 32.8 Å². The number of aliphatic carboxylic acids is 1. The van der Waals surface area contributed by atoms with Gasteiger partial charge in [0.15, 0.2) is 0 Å². The van der Waals surface area contributed by atoms with Crippen LogP contribution in [-0.2, 0) is 11.2 Å². The number of carboxylic acids is 1. The summed E-state index contributed by atoms with van der Waals surface area (Å²) in [5.74, 6) is -0.947. The number of rotatable bonds is 2. The minimum absolute atomic E-state index is 0.153. The van der Waals surface area contributed by atoms with Gasteiger partial charge in [0.05, 0.1) is 6.42 Å². The normalized spacial score (nSPS) is 10.2. The lowest BCUT2D eigenvalue weighted by atomic mass is 10.1. The fourth-order valence-electron chi connectivity index (χ4n) is 1.65. The first-order valence-electron chi connectivity index (χ1n) is 4.54. The number of carboxylic acid groups (broad SMARTS) is 1. The average molecular weight is 279 g/mol. The zero-order chi connectivity index (χ0) is 11.7. The van der Waals surface area contributed by atoms with Crippen molar-refractivity contribution in [2.75, 3.05) is 0 Å². The molecule has 0 unspecified atom stereocenters. The number of hydrogen-bond acceptors (Lipinski definition) is 2. The van der Waals surface area contributed by atoms with Crippen molar-refractivity contribution in [2.45, 2.75) is 6.42 Å². The van der Waals surface area contributed by atoms with Gasteiger partial charge in [-0.25, -0.2) is 0 Å². The molecule has 1 aromatic carbocycles. The zero-order valence-electron chi connectivity index (χ0n) is 8.12. The van der Waals surface area contributed by atoms with E-state index in [-0.39, 0.29) is 6.42 Å². The number of nitrogens with one attached hydrogen (secondary N) is 1. The smallest absolute Gasteiger partial charge is 0.307 e. The van der Waals surface area contributed by atoms with Gasteiger partial charge in [-0.2, -0.15) is 5.26 Å². The van der Waals surface area contributed by atoms with Gasteiger partial charge in [-0.3, -0.25) is 4.79 Å². The van der Waals surface area contributed by atoms with Crippen molar-refractivity contribution in [2.24, 2.45) is 0 Å². The summed E-state index contributed by atoms with van der Waals surface area (Å²) in [4.78, 5) is 13.6. The van der Waals surface area contributed by atoms with Gasteiger partial charge in [0.25, 0.3) is 0 Å². The lowest BCUT2D eigenvalue weighted by Gasteiger charge is -1.96. The molecule has 0 saturated heterocycles. The minimum Gasteiger partial charge on any atom is -0.481 e. The molecule has 1 aromatic heterocycles. The predicted octanol–water partition coefficient (Wildman–Crippen LogP) is 2.43. The highest BCUT2D eigenvalue weighted by molar-refractivity contribution is 9.10. The van der Waals surface area contributed by atoms with E-state index >= 15 is 0 Å². The molecule has 2 aromatic rings. The molecule has 1 heterocycles. The molecule has 2 N–H and O–H groups in total. The number of hydrogen-bond donors (Lipinski definition) is 2. The fraction of sp³-hybridized carbons (Fsp3) is 0.0909. The number of fused-ring (bicyclic) bond motifs is 1. The molecule has 0 bridgehead atoms. The van der Waals surface area contributed by atoms with E-state index in [1.54, 1.807) is 0 Å². The Hall–Kier alpha value is -1.80. The molecule has 0 radical (unpaired) electrons. The Morgan fingerprint density at radius 3 is 2.94 bits per heavy atom. The predicted molar refractivity (Wildman–Crippen MR) is 62.1 cm³/mol. The number of nitriles is 1. The van der Waals surface area contributed by atoms with Gasteiger partial charge in [-0.05, 0) is 18.2 Å². The van der Waals surface area contributed by atoms with Crippen LogP contribution in [0.3, 0.4) is 0 Å². The summed E-state index contributed by atoms with van der Waals surface area (Å²) in [5, 5.41) is 18.5. The summed E-state index contributed by atoms with van der Waals surface area (Å²) >= 11 is 3.32. The number of halogens is 1. The minimum atomic E-state index is -0.947. The van der Waals surface area contributed by atoms with E-state index in [0.29, 0.717) is 11.3 Å². The lowest BCUT2D eigenvalue weighted by Crippen LogP contribution is -2.01. The van der Waals surface area contributed by atoms with Crippen molar-refractivity contribution in [3.05, 3.63) is 33.9 Å². The highest BCUT2D eigenvalue weighted by atomic mass is 79.9. The molecule has 0 aliphatic carbocycles. The monoisotopic (exact) mass is 278 g/mol. The Kier molecular flexibility index (Phi) is 2.67. The summed E-state index contributed by atoms with van der Waals surface area (Å²) in [6, 6.07) is 7.44. The van der Waals surface area contributed by atoms with Gasteiger partial charge in [0.2, 0.25) is 0 Å². The summed E-state index contributed by atoms with van der Waals surface area (Å²) in [6.07, 6.45) is -0.153. The molecule has 80 valence electrons. The van der Waals surface area contributed by atoms with E-state index in [0.717, 1.165) is 15.4 Å². The Morgan fingerprint density at radius 2 is 2.31 bits per heavy atom. The quantitative estimate of drug-likeness (QED) is 0.886. The van der Waals surface area contributed by atoms with Crippen LogP contribution in [0, 0.1) is 11.3 Å². The van der Waals surface area contributed by atoms with Crippen molar-refractivity contribution in [1.29, 1.82) is 5.26 Å². The second-order valence-corrected chi connectivity index (χ2v) is 4.27. The number of aromatic nitrogens is 1. The summed E-state index contributed by atoms with van der Waals surface area (Å²) in [6.45, 7) is 0. The van der Waals surface area contributed by atoms with Gasteiger partial charge in [-0.15, -0.1) is 0 Å². The Bertz CT molecular complexity index is 610. The van der Waals surface area contributed by atoms with Crippen LogP contribution in [0.2, 0.25) is 0 Å². The van der Waals surface area contributed by atoms with Gasteiger partial charge in [-0.1, -0.05) is 15.9 Å². The van der Waals surface area contributed by atoms with E-state index in [2.05, 4.69) is 20.9 Å². The molecule has 4 nitrogen and oxygen atoms in total. The van der Waals surface area contributed by atoms with Gasteiger partial charge in [0, 0.05) is 20.9 Å². The highest BCUT2D eigenvalue weighted by Crippen LogP contribution is 2.25. The van der Waals surface area contributed by atoms with Crippen LogP contribution in [0.4, 0.5) is 0 Å². The lowest BCUT2D eigenvalue weighted by molar-refractivity contribution is -0.136. The molecular weight excluding hydrogens is 272 g/mol. The van der Waals surface area contributed by atoms with Crippen LogP contribution >= 0.6 is 15.9 Å². The van der Waals surface area contributed by atoms with Crippen LogP contribution < -0.4 is 0 Å². The van der Waals surface area contributed by atoms with Crippen LogP contribution in [0.15, 0.2) is 22.7 Å². The third-order valence-corrected chi connectivity index (χ3v) is 2.80. The molecule has 0 fully saturated rings. The zero-order valence-corrected chi connectivity index (χ0v) is 9.71. The Morgan fingerprint density at radius 1 is 1.56 bits per heavy atom. The highest BCUT2D eigenvalue weighted by Gasteiger charge is 2.14. The van der Waals surface area contributed by atoms with E-state index in [9.17, 15) is 4.79 Å². The molecule has 2 rings (SSSR count). The summed E-state index contributed by atoms with van der Waals surface area (Å²) < 4.78 is 0.857. The first kappa shape index (κ1) is 10.7. The molecule has 0 saturated carbocycles. The number of aromatic amines is 1.